The van der Waals surface area contributed by atoms with Crippen LogP contribution in [-0.4, -0.2) is 68.2 Å². The van der Waals surface area contributed by atoms with Crippen molar-refractivity contribution in [2.75, 3.05) is 51.3 Å². The fourth-order valence-electron chi connectivity index (χ4n) is 4.17. The number of carbonyl (C=O) groups is 1. The maximum absolute atomic E-state index is 12.7. The van der Waals surface area contributed by atoms with Crippen molar-refractivity contribution in [3.63, 3.8) is 0 Å². The van der Waals surface area contributed by atoms with Gasteiger partial charge in [-0.2, -0.15) is 0 Å². The first kappa shape index (κ1) is 22.4. The zero-order valence-electron chi connectivity index (χ0n) is 17.7. The van der Waals surface area contributed by atoms with Crippen molar-refractivity contribution in [3.05, 3.63) is 28.5 Å². The van der Waals surface area contributed by atoms with E-state index in [-0.39, 0.29) is 11.7 Å². The number of aryl methyl sites for hydroxylation is 1. The number of amides is 1. The van der Waals surface area contributed by atoms with Crippen molar-refractivity contribution in [2.45, 2.75) is 38.5 Å². The molecule has 2 aliphatic rings. The standard InChI is InChI=1S/C22H31ClN4O4/c23-17-13-15-14-18(21(28)24-7-4-8-27-9-11-30-12-10-27)31-20(15)16-5-2-1-3-6-25-22(29)26-19(16)17/h13-14,22,25-26,29H,1-12H2,(H,24,28). The van der Waals surface area contributed by atoms with Gasteiger partial charge in [-0.15, -0.1) is 0 Å². The number of fused-ring (bicyclic) bond motifs is 3. The zero-order chi connectivity index (χ0) is 21.6. The third-order valence-electron chi connectivity index (χ3n) is 5.84. The predicted octanol–water partition coefficient (Wildman–Crippen LogP) is 2.54. The minimum atomic E-state index is -0.893. The van der Waals surface area contributed by atoms with Gasteiger partial charge in [-0.05, 0) is 50.9 Å². The molecule has 1 aromatic heterocycles. The van der Waals surface area contributed by atoms with Crippen molar-refractivity contribution < 1.29 is 19.1 Å². The number of benzene rings is 1. The third kappa shape index (κ3) is 5.70. The van der Waals surface area contributed by atoms with E-state index >= 15 is 0 Å². The Morgan fingerprint density at radius 2 is 2.10 bits per heavy atom. The highest BCUT2D eigenvalue weighted by Crippen LogP contribution is 2.37. The van der Waals surface area contributed by atoms with Crippen LogP contribution >= 0.6 is 11.6 Å². The molecule has 1 aromatic carbocycles. The molecule has 2 aliphatic heterocycles. The summed E-state index contributed by atoms with van der Waals surface area (Å²) in [5, 5.41) is 20.5. The van der Waals surface area contributed by atoms with Crippen LogP contribution in [0.15, 0.2) is 16.5 Å². The molecule has 4 rings (SSSR count). The quantitative estimate of drug-likeness (QED) is 0.519. The van der Waals surface area contributed by atoms with Crippen LogP contribution in [0.4, 0.5) is 5.69 Å². The van der Waals surface area contributed by atoms with Crippen LogP contribution in [0.2, 0.25) is 5.02 Å². The average Bonchev–Trinajstić information content (AvgIpc) is 3.20. The van der Waals surface area contributed by atoms with E-state index in [0.717, 1.165) is 82.4 Å². The first-order valence-corrected chi connectivity index (χ1v) is 11.5. The van der Waals surface area contributed by atoms with E-state index in [1.54, 1.807) is 12.1 Å². The molecule has 31 heavy (non-hydrogen) atoms. The molecule has 8 nitrogen and oxygen atoms in total. The summed E-state index contributed by atoms with van der Waals surface area (Å²) in [6.07, 6.45) is 3.74. The van der Waals surface area contributed by atoms with E-state index in [9.17, 15) is 9.90 Å². The number of furan rings is 1. The zero-order valence-corrected chi connectivity index (χ0v) is 18.5. The molecule has 4 N–H and O–H groups in total. The van der Waals surface area contributed by atoms with E-state index in [0.29, 0.717) is 22.8 Å². The predicted molar refractivity (Wildman–Crippen MR) is 121 cm³/mol. The largest absolute Gasteiger partial charge is 0.451 e. The molecule has 2 aromatic rings. The lowest BCUT2D eigenvalue weighted by molar-refractivity contribution is 0.0374. The number of carbonyl (C=O) groups excluding carboxylic acids is 1. The Kier molecular flexibility index (Phi) is 7.68. The molecule has 9 heteroatoms. The number of aliphatic hydroxyl groups is 1. The van der Waals surface area contributed by atoms with E-state index in [4.69, 9.17) is 20.8 Å². The minimum absolute atomic E-state index is 0.224. The van der Waals surface area contributed by atoms with Gasteiger partial charge in [0.15, 0.2) is 12.1 Å². The molecule has 0 aliphatic carbocycles. The number of nitrogens with one attached hydrogen (secondary N) is 3. The monoisotopic (exact) mass is 450 g/mol. The molecule has 170 valence electrons. The van der Waals surface area contributed by atoms with Gasteiger partial charge < -0.3 is 24.9 Å². The molecule has 3 heterocycles. The highest BCUT2D eigenvalue weighted by atomic mass is 35.5. The number of rotatable bonds is 5. The SMILES string of the molecule is O=C(NCCCN1CCOCC1)c1cc2cc(Cl)c3c(c2o1)CCCCCNC(O)N3. The summed E-state index contributed by atoms with van der Waals surface area (Å²) in [7, 11) is 0. The minimum Gasteiger partial charge on any atom is -0.451 e. The number of ether oxygens (including phenoxy) is 1. The van der Waals surface area contributed by atoms with Crippen molar-refractivity contribution in [3.8, 4) is 0 Å². The van der Waals surface area contributed by atoms with Gasteiger partial charge in [-0.3, -0.25) is 15.0 Å². The molecule has 0 bridgehead atoms. The maximum atomic E-state index is 12.7. The lowest BCUT2D eigenvalue weighted by Crippen LogP contribution is -2.38. The summed E-state index contributed by atoms with van der Waals surface area (Å²) in [6, 6.07) is 3.52. The molecule has 1 atom stereocenters. The van der Waals surface area contributed by atoms with Gasteiger partial charge in [0, 0.05) is 30.6 Å². The van der Waals surface area contributed by atoms with Gasteiger partial charge in [-0.25, -0.2) is 0 Å². The molecule has 1 saturated heterocycles. The number of hydrogen-bond acceptors (Lipinski definition) is 7. The summed E-state index contributed by atoms with van der Waals surface area (Å²) in [5.41, 5.74) is 2.21. The second-order valence-electron chi connectivity index (χ2n) is 8.12. The van der Waals surface area contributed by atoms with Crippen LogP contribution < -0.4 is 16.0 Å². The molecule has 1 fully saturated rings. The van der Waals surface area contributed by atoms with Crippen molar-refractivity contribution in [1.29, 1.82) is 0 Å². The Hall–Kier alpha value is -1.84. The Balaban J connectivity index is 1.45. The Bertz CT molecular complexity index is 897. The summed E-state index contributed by atoms with van der Waals surface area (Å²) >= 11 is 6.51. The first-order valence-electron chi connectivity index (χ1n) is 11.1. The molecule has 0 radical (unpaired) electrons. The number of aliphatic hydroxyl groups excluding tert-OH is 1. The van der Waals surface area contributed by atoms with Crippen LogP contribution in [0.1, 0.15) is 41.8 Å². The average molecular weight is 451 g/mol. The number of morpholine rings is 1. The summed E-state index contributed by atoms with van der Waals surface area (Å²) in [6.45, 7) is 5.71. The topological polar surface area (TPSA) is 99.0 Å². The summed E-state index contributed by atoms with van der Waals surface area (Å²) in [5.74, 6) is 0.0548. The third-order valence-corrected chi connectivity index (χ3v) is 6.14. The Morgan fingerprint density at radius 3 is 2.94 bits per heavy atom. The molecule has 0 saturated carbocycles. The van der Waals surface area contributed by atoms with E-state index in [2.05, 4.69) is 20.9 Å². The fraction of sp³-hybridized carbons (Fsp3) is 0.591. The van der Waals surface area contributed by atoms with Crippen molar-refractivity contribution in [2.24, 2.45) is 0 Å². The van der Waals surface area contributed by atoms with Crippen LogP contribution in [0.25, 0.3) is 11.0 Å². The molecular formula is C22H31ClN4O4. The second-order valence-corrected chi connectivity index (χ2v) is 8.52. The highest BCUT2D eigenvalue weighted by molar-refractivity contribution is 6.34. The number of halogens is 1. The number of anilines is 1. The Labute approximate surface area is 187 Å². The van der Waals surface area contributed by atoms with Crippen molar-refractivity contribution in [1.82, 2.24) is 15.5 Å². The summed E-state index contributed by atoms with van der Waals surface area (Å²) in [4.78, 5) is 15.0. The van der Waals surface area contributed by atoms with Gasteiger partial charge in [-0.1, -0.05) is 18.0 Å². The maximum Gasteiger partial charge on any atom is 0.287 e. The van der Waals surface area contributed by atoms with E-state index < -0.39 is 6.35 Å². The summed E-state index contributed by atoms with van der Waals surface area (Å²) < 4.78 is 11.4. The van der Waals surface area contributed by atoms with Crippen LogP contribution in [0.3, 0.4) is 0 Å². The number of hydrogen-bond donors (Lipinski definition) is 4. The normalized spacial score (nSPS) is 20.8. The molecule has 0 spiro atoms. The first-order chi connectivity index (χ1) is 15.1. The van der Waals surface area contributed by atoms with E-state index in [1.807, 2.05) is 0 Å². The van der Waals surface area contributed by atoms with Crippen molar-refractivity contribution >= 4 is 34.2 Å². The fourth-order valence-corrected chi connectivity index (χ4v) is 4.45. The van der Waals surface area contributed by atoms with Crippen LogP contribution in [0, 0.1) is 0 Å². The lowest BCUT2D eigenvalue weighted by atomic mass is 10.0. The van der Waals surface area contributed by atoms with Crippen LogP contribution in [0.5, 0.6) is 0 Å². The number of nitrogens with zero attached hydrogens (tertiary/aromatic N) is 1. The molecular weight excluding hydrogens is 420 g/mol. The van der Waals surface area contributed by atoms with Gasteiger partial charge >= 0.3 is 0 Å². The van der Waals surface area contributed by atoms with Gasteiger partial charge in [0.1, 0.15) is 5.58 Å². The highest BCUT2D eigenvalue weighted by Gasteiger charge is 2.21. The second kappa shape index (κ2) is 10.7. The smallest absolute Gasteiger partial charge is 0.287 e. The van der Waals surface area contributed by atoms with Gasteiger partial charge in [0.05, 0.1) is 23.9 Å². The lowest BCUT2D eigenvalue weighted by Gasteiger charge is -2.26. The molecule has 1 amide bonds. The van der Waals surface area contributed by atoms with Crippen LogP contribution in [-0.2, 0) is 11.2 Å². The van der Waals surface area contributed by atoms with E-state index in [1.165, 1.54) is 0 Å². The van der Waals surface area contributed by atoms with Gasteiger partial charge in [0.2, 0.25) is 0 Å². The Morgan fingerprint density at radius 1 is 1.26 bits per heavy atom. The molecule has 1 unspecified atom stereocenters. The van der Waals surface area contributed by atoms with Gasteiger partial charge in [0.25, 0.3) is 5.91 Å².